The van der Waals surface area contributed by atoms with Crippen LogP contribution in [0.25, 0.3) is 6.08 Å². The van der Waals surface area contributed by atoms with Crippen molar-refractivity contribution >= 4 is 46.3 Å². The van der Waals surface area contributed by atoms with Gasteiger partial charge >= 0.3 is 5.97 Å². The highest BCUT2D eigenvalue weighted by Crippen LogP contribution is 2.32. The molecule has 4 nitrogen and oxygen atoms in total. The lowest BCUT2D eigenvalue weighted by Crippen LogP contribution is -2.30. The number of nitrogens with zero attached hydrogens (tertiary/aromatic N) is 1. The second-order valence-electron chi connectivity index (χ2n) is 4.39. The lowest BCUT2D eigenvalue weighted by Gasteiger charge is -2.12. The largest absolute Gasteiger partial charge is 0.481 e. The normalized spacial score (nSPS) is 17.1. The van der Waals surface area contributed by atoms with Gasteiger partial charge in [0.15, 0.2) is 0 Å². The van der Waals surface area contributed by atoms with E-state index < -0.39 is 5.97 Å². The quantitative estimate of drug-likeness (QED) is 0.684. The maximum Gasteiger partial charge on any atom is 0.305 e. The van der Waals surface area contributed by atoms with E-state index in [4.69, 9.17) is 17.3 Å². The van der Waals surface area contributed by atoms with Crippen LogP contribution in [0.4, 0.5) is 0 Å². The summed E-state index contributed by atoms with van der Waals surface area (Å²) in [5.41, 5.74) is 2.05. The maximum atomic E-state index is 12.2. The number of aryl methyl sites for hydroxylation is 1. The molecular formula is C14H13NO3S2. The van der Waals surface area contributed by atoms with Gasteiger partial charge in [-0.2, -0.15) is 0 Å². The Morgan fingerprint density at radius 1 is 1.50 bits per heavy atom. The molecule has 1 amide bonds. The molecule has 0 atom stereocenters. The van der Waals surface area contributed by atoms with Crippen LogP contribution >= 0.6 is 24.0 Å². The minimum absolute atomic E-state index is 0.107. The van der Waals surface area contributed by atoms with Crippen molar-refractivity contribution in [3.8, 4) is 0 Å². The SMILES string of the molecule is Cc1cccc(/C=C2\SC(=S)N(CCC(=O)O)C2=O)c1. The minimum atomic E-state index is -0.943. The lowest BCUT2D eigenvalue weighted by molar-refractivity contribution is -0.137. The van der Waals surface area contributed by atoms with Gasteiger partial charge in [-0.05, 0) is 18.6 Å². The highest BCUT2D eigenvalue weighted by molar-refractivity contribution is 8.26. The number of rotatable bonds is 4. The molecule has 1 fully saturated rings. The second kappa shape index (κ2) is 6.19. The van der Waals surface area contributed by atoms with Crippen LogP contribution in [0.5, 0.6) is 0 Å². The Balaban J connectivity index is 2.17. The van der Waals surface area contributed by atoms with Crippen molar-refractivity contribution in [3.63, 3.8) is 0 Å². The molecule has 1 saturated heterocycles. The van der Waals surface area contributed by atoms with Crippen molar-refractivity contribution in [2.45, 2.75) is 13.3 Å². The van der Waals surface area contributed by atoms with Crippen LogP contribution in [0.3, 0.4) is 0 Å². The van der Waals surface area contributed by atoms with Crippen LogP contribution < -0.4 is 0 Å². The summed E-state index contributed by atoms with van der Waals surface area (Å²) >= 11 is 6.33. The zero-order chi connectivity index (χ0) is 14.7. The van der Waals surface area contributed by atoms with Gasteiger partial charge in [-0.25, -0.2) is 0 Å². The van der Waals surface area contributed by atoms with Gasteiger partial charge in [0, 0.05) is 6.54 Å². The molecule has 1 aliphatic heterocycles. The number of hydrogen-bond donors (Lipinski definition) is 1. The molecule has 0 saturated carbocycles. The van der Waals surface area contributed by atoms with Crippen molar-refractivity contribution < 1.29 is 14.7 Å². The molecule has 0 bridgehead atoms. The molecule has 1 N–H and O–H groups in total. The number of benzene rings is 1. The van der Waals surface area contributed by atoms with E-state index in [1.165, 1.54) is 16.7 Å². The molecule has 1 aromatic rings. The molecule has 1 heterocycles. The number of carboxylic acid groups (broad SMARTS) is 1. The summed E-state index contributed by atoms with van der Waals surface area (Å²) in [6, 6.07) is 7.79. The summed E-state index contributed by atoms with van der Waals surface area (Å²) in [4.78, 5) is 24.6. The molecular weight excluding hydrogens is 294 g/mol. The van der Waals surface area contributed by atoms with Gasteiger partial charge in [-0.3, -0.25) is 14.5 Å². The molecule has 0 radical (unpaired) electrons. The fraction of sp³-hybridized carbons (Fsp3) is 0.214. The molecule has 1 aromatic carbocycles. The van der Waals surface area contributed by atoms with Crippen LogP contribution in [0, 0.1) is 6.92 Å². The standard InChI is InChI=1S/C14H13NO3S2/c1-9-3-2-4-10(7-9)8-11-13(18)15(14(19)20-11)6-5-12(16)17/h2-4,7-8H,5-6H2,1H3,(H,16,17)/b11-8-. The van der Waals surface area contributed by atoms with E-state index in [0.717, 1.165) is 11.1 Å². The first-order valence-electron chi connectivity index (χ1n) is 6.01. The predicted octanol–water partition coefficient (Wildman–Crippen LogP) is 2.67. The third kappa shape index (κ3) is 3.46. The molecule has 0 aromatic heterocycles. The molecule has 0 aliphatic carbocycles. The van der Waals surface area contributed by atoms with Crippen LogP contribution in [0.1, 0.15) is 17.5 Å². The summed E-state index contributed by atoms with van der Waals surface area (Å²) in [6.07, 6.45) is 1.68. The first-order chi connectivity index (χ1) is 9.47. The molecule has 1 aliphatic rings. The number of hydrogen-bond acceptors (Lipinski definition) is 4. The average molecular weight is 307 g/mol. The molecule has 20 heavy (non-hydrogen) atoms. The van der Waals surface area contributed by atoms with Crippen LogP contribution in [-0.4, -0.2) is 32.7 Å². The van der Waals surface area contributed by atoms with Crippen LogP contribution in [0.15, 0.2) is 29.2 Å². The minimum Gasteiger partial charge on any atom is -0.481 e. The first kappa shape index (κ1) is 14.7. The number of thiocarbonyl (C=S) groups is 1. The first-order valence-corrected chi connectivity index (χ1v) is 7.23. The third-order valence-electron chi connectivity index (χ3n) is 2.76. The number of carbonyl (C=O) groups excluding carboxylic acids is 1. The summed E-state index contributed by atoms with van der Waals surface area (Å²) < 4.78 is 0.412. The van der Waals surface area contributed by atoms with E-state index in [1.807, 2.05) is 31.2 Å². The summed E-state index contributed by atoms with van der Waals surface area (Å²) in [6.45, 7) is 2.10. The molecule has 104 valence electrons. The fourth-order valence-corrected chi connectivity index (χ4v) is 3.12. The van der Waals surface area contributed by atoms with Gasteiger partial charge < -0.3 is 5.11 Å². The van der Waals surface area contributed by atoms with Crippen molar-refractivity contribution in [1.29, 1.82) is 0 Å². The Labute approximate surface area is 126 Å². The number of carboxylic acids is 1. The maximum absolute atomic E-state index is 12.2. The van der Waals surface area contributed by atoms with Gasteiger partial charge in [0.2, 0.25) is 0 Å². The molecule has 0 spiro atoms. The van der Waals surface area contributed by atoms with E-state index in [-0.39, 0.29) is 18.9 Å². The van der Waals surface area contributed by atoms with Crippen molar-refractivity contribution in [1.82, 2.24) is 4.90 Å². The van der Waals surface area contributed by atoms with Crippen molar-refractivity contribution in [3.05, 3.63) is 40.3 Å². The predicted molar refractivity (Wildman–Crippen MR) is 83.3 cm³/mol. The van der Waals surface area contributed by atoms with E-state index in [2.05, 4.69) is 0 Å². The number of aliphatic carboxylic acids is 1. The second-order valence-corrected chi connectivity index (χ2v) is 6.07. The van der Waals surface area contributed by atoms with E-state index in [9.17, 15) is 9.59 Å². The Hall–Kier alpha value is -1.66. The number of carbonyl (C=O) groups is 2. The Bertz CT molecular complexity index is 610. The zero-order valence-electron chi connectivity index (χ0n) is 10.8. The van der Waals surface area contributed by atoms with Gasteiger partial charge in [0.1, 0.15) is 4.32 Å². The topological polar surface area (TPSA) is 57.6 Å². The van der Waals surface area contributed by atoms with Crippen LogP contribution in [-0.2, 0) is 9.59 Å². The summed E-state index contributed by atoms with van der Waals surface area (Å²) in [7, 11) is 0. The van der Waals surface area contributed by atoms with Gasteiger partial charge in [-0.15, -0.1) is 0 Å². The van der Waals surface area contributed by atoms with Gasteiger partial charge in [0.05, 0.1) is 11.3 Å². The fourth-order valence-electron chi connectivity index (χ4n) is 1.81. The third-order valence-corrected chi connectivity index (χ3v) is 4.14. The smallest absolute Gasteiger partial charge is 0.305 e. The van der Waals surface area contributed by atoms with Crippen molar-refractivity contribution in [2.24, 2.45) is 0 Å². The lowest BCUT2D eigenvalue weighted by atomic mass is 10.1. The van der Waals surface area contributed by atoms with Gasteiger partial charge in [0.25, 0.3) is 5.91 Å². The average Bonchev–Trinajstić information content (AvgIpc) is 2.62. The monoisotopic (exact) mass is 307 g/mol. The van der Waals surface area contributed by atoms with E-state index in [0.29, 0.717) is 9.23 Å². The Kier molecular flexibility index (Phi) is 4.57. The Morgan fingerprint density at radius 3 is 2.90 bits per heavy atom. The molecule has 0 unspecified atom stereocenters. The van der Waals surface area contributed by atoms with E-state index in [1.54, 1.807) is 6.08 Å². The molecule has 6 heteroatoms. The highest BCUT2D eigenvalue weighted by atomic mass is 32.2. The number of amides is 1. The van der Waals surface area contributed by atoms with Gasteiger partial charge in [-0.1, -0.05) is 53.8 Å². The summed E-state index contributed by atoms with van der Waals surface area (Å²) in [5, 5.41) is 8.68. The highest BCUT2D eigenvalue weighted by Gasteiger charge is 2.31. The van der Waals surface area contributed by atoms with Crippen molar-refractivity contribution in [2.75, 3.05) is 6.54 Å². The summed E-state index contributed by atoms with van der Waals surface area (Å²) in [5.74, 6) is -1.16. The zero-order valence-corrected chi connectivity index (χ0v) is 12.5. The Morgan fingerprint density at radius 2 is 2.25 bits per heavy atom. The van der Waals surface area contributed by atoms with Crippen LogP contribution in [0.2, 0.25) is 0 Å². The molecule has 2 rings (SSSR count). The number of thioether (sulfide) groups is 1. The van der Waals surface area contributed by atoms with E-state index >= 15 is 0 Å².